The van der Waals surface area contributed by atoms with Crippen molar-refractivity contribution in [1.29, 1.82) is 0 Å². The van der Waals surface area contributed by atoms with Crippen molar-refractivity contribution in [3.8, 4) is 0 Å². The number of morpholine rings is 1. The minimum Gasteiger partial charge on any atom is -0.378 e. The molecule has 1 fully saturated rings. The Morgan fingerprint density at radius 3 is 2.72 bits per heavy atom. The van der Waals surface area contributed by atoms with Crippen LogP contribution in [0.5, 0.6) is 0 Å². The summed E-state index contributed by atoms with van der Waals surface area (Å²) in [6.45, 7) is 9.00. The normalized spacial score (nSPS) is 15.6. The Bertz CT molecular complexity index is 766. The predicted molar refractivity (Wildman–Crippen MR) is 130 cm³/mol. The number of aliphatic imine (C=N–C) groups is 1. The molecule has 1 saturated heterocycles. The van der Waals surface area contributed by atoms with E-state index in [9.17, 15) is 4.39 Å². The van der Waals surface area contributed by atoms with Crippen molar-refractivity contribution in [2.24, 2.45) is 4.99 Å². The highest BCUT2D eigenvalue weighted by Crippen LogP contribution is 2.22. The third-order valence-corrected chi connectivity index (χ3v) is 5.84. The first kappa shape index (κ1) is 23.9. The molecule has 0 spiro atoms. The third kappa shape index (κ3) is 7.11. The van der Waals surface area contributed by atoms with E-state index < -0.39 is 0 Å². The van der Waals surface area contributed by atoms with E-state index in [-0.39, 0.29) is 29.8 Å². The quantitative estimate of drug-likeness (QED) is 0.319. The molecule has 0 radical (unpaired) electrons. The van der Waals surface area contributed by atoms with Crippen LogP contribution in [0.4, 0.5) is 10.1 Å². The minimum atomic E-state index is -0.195. The molecule has 0 aliphatic carbocycles. The van der Waals surface area contributed by atoms with Crippen molar-refractivity contribution in [1.82, 2.24) is 10.6 Å². The fraction of sp³-hybridized carbons (Fsp3) is 0.476. The monoisotopic (exact) mass is 532 g/mol. The summed E-state index contributed by atoms with van der Waals surface area (Å²) in [6, 6.07) is 9.62. The minimum absolute atomic E-state index is 0. The topological polar surface area (TPSA) is 48.9 Å². The van der Waals surface area contributed by atoms with Crippen LogP contribution in [0, 0.1) is 5.82 Å². The lowest BCUT2D eigenvalue weighted by molar-refractivity contribution is 0.122. The number of rotatable bonds is 7. The van der Waals surface area contributed by atoms with Crippen LogP contribution in [-0.2, 0) is 11.3 Å². The molecule has 1 aromatic heterocycles. The first-order chi connectivity index (χ1) is 13.7. The lowest BCUT2D eigenvalue weighted by atomic mass is 10.1. The summed E-state index contributed by atoms with van der Waals surface area (Å²) < 4.78 is 19.9. The number of ether oxygens (including phenoxy) is 1. The Morgan fingerprint density at radius 1 is 1.28 bits per heavy atom. The van der Waals surface area contributed by atoms with Gasteiger partial charge in [-0.2, -0.15) is 0 Å². The van der Waals surface area contributed by atoms with Gasteiger partial charge in [0.2, 0.25) is 0 Å². The highest BCUT2D eigenvalue weighted by molar-refractivity contribution is 14.0. The first-order valence-corrected chi connectivity index (χ1v) is 10.7. The van der Waals surface area contributed by atoms with Gasteiger partial charge < -0.3 is 20.3 Å². The van der Waals surface area contributed by atoms with Gasteiger partial charge in [-0.3, -0.25) is 0 Å². The number of nitrogens with zero attached hydrogens (tertiary/aromatic N) is 2. The van der Waals surface area contributed by atoms with E-state index in [0.29, 0.717) is 31.4 Å². The van der Waals surface area contributed by atoms with Gasteiger partial charge in [0.05, 0.1) is 25.4 Å². The number of thiophene rings is 1. The van der Waals surface area contributed by atoms with Crippen LogP contribution in [0.3, 0.4) is 0 Å². The molecule has 1 unspecified atom stereocenters. The van der Waals surface area contributed by atoms with Crippen LogP contribution >= 0.6 is 35.3 Å². The van der Waals surface area contributed by atoms with E-state index in [2.05, 4.69) is 40.1 Å². The second-order valence-corrected chi connectivity index (χ2v) is 7.86. The molecule has 8 heteroatoms. The van der Waals surface area contributed by atoms with Crippen LogP contribution < -0.4 is 15.5 Å². The van der Waals surface area contributed by atoms with E-state index in [0.717, 1.165) is 37.7 Å². The highest BCUT2D eigenvalue weighted by Gasteiger charge is 2.15. The molecule has 1 aliphatic heterocycles. The second-order valence-electron chi connectivity index (χ2n) is 6.88. The lowest BCUT2D eigenvalue weighted by Gasteiger charge is -2.29. The smallest absolute Gasteiger partial charge is 0.191 e. The highest BCUT2D eigenvalue weighted by atomic mass is 127. The van der Waals surface area contributed by atoms with Gasteiger partial charge >= 0.3 is 0 Å². The number of halogens is 2. The Labute approximate surface area is 193 Å². The molecule has 29 heavy (non-hydrogen) atoms. The van der Waals surface area contributed by atoms with Gasteiger partial charge in [-0.05, 0) is 36.1 Å². The molecular weight excluding hydrogens is 502 g/mol. The van der Waals surface area contributed by atoms with E-state index in [1.807, 2.05) is 24.0 Å². The summed E-state index contributed by atoms with van der Waals surface area (Å²) in [5.74, 6) is 0.969. The van der Waals surface area contributed by atoms with Gasteiger partial charge in [0.25, 0.3) is 0 Å². The first-order valence-electron chi connectivity index (χ1n) is 9.84. The van der Waals surface area contributed by atoms with Gasteiger partial charge in [0.15, 0.2) is 5.96 Å². The maximum absolute atomic E-state index is 14.6. The van der Waals surface area contributed by atoms with Crippen molar-refractivity contribution in [2.45, 2.75) is 26.3 Å². The maximum atomic E-state index is 14.6. The Kier molecular flexibility index (Phi) is 10.2. The fourth-order valence-electron chi connectivity index (χ4n) is 3.14. The predicted octanol–water partition coefficient (Wildman–Crippen LogP) is 4.20. The SMILES string of the molecule is CCNC(=NCc1ccc(N2CCOCC2)c(F)c1)NCC(C)c1cccs1.I. The van der Waals surface area contributed by atoms with E-state index >= 15 is 0 Å². The Hall–Kier alpha value is -1.39. The summed E-state index contributed by atoms with van der Waals surface area (Å²) >= 11 is 1.77. The number of hydrogen-bond donors (Lipinski definition) is 2. The molecule has 0 saturated carbocycles. The second kappa shape index (κ2) is 12.3. The molecule has 2 aromatic rings. The molecule has 2 heterocycles. The van der Waals surface area contributed by atoms with E-state index in [1.54, 1.807) is 17.4 Å². The molecule has 1 aromatic carbocycles. The lowest BCUT2D eigenvalue weighted by Crippen LogP contribution is -2.39. The van der Waals surface area contributed by atoms with Gasteiger partial charge in [-0.25, -0.2) is 9.38 Å². The van der Waals surface area contributed by atoms with Crippen LogP contribution in [0.1, 0.15) is 30.2 Å². The summed E-state index contributed by atoms with van der Waals surface area (Å²) in [5, 5.41) is 8.74. The van der Waals surface area contributed by atoms with Crippen molar-refractivity contribution in [3.63, 3.8) is 0 Å². The van der Waals surface area contributed by atoms with E-state index in [4.69, 9.17) is 4.74 Å². The van der Waals surface area contributed by atoms with E-state index in [1.165, 1.54) is 4.88 Å². The molecule has 160 valence electrons. The average molecular weight is 532 g/mol. The van der Waals surface area contributed by atoms with Crippen LogP contribution in [0.2, 0.25) is 0 Å². The molecule has 3 rings (SSSR count). The maximum Gasteiger partial charge on any atom is 0.191 e. The van der Waals surface area contributed by atoms with Crippen molar-refractivity contribution in [2.75, 3.05) is 44.3 Å². The zero-order chi connectivity index (χ0) is 19.8. The number of hydrogen-bond acceptors (Lipinski definition) is 4. The summed E-state index contributed by atoms with van der Waals surface area (Å²) in [6.07, 6.45) is 0. The number of nitrogens with one attached hydrogen (secondary N) is 2. The summed E-state index contributed by atoms with van der Waals surface area (Å²) in [7, 11) is 0. The van der Waals surface area contributed by atoms with Crippen LogP contribution in [0.15, 0.2) is 40.7 Å². The third-order valence-electron chi connectivity index (χ3n) is 4.73. The van der Waals surface area contributed by atoms with Gasteiger partial charge in [-0.1, -0.05) is 19.1 Å². The summed E-state index contributed by atoms with van der Waals surface area (Å²) in [5.41, 5.74) is 1.50. The molecular formula is C21H30FIN4OS. The van der Waals surface area contributed by atoms with Crippen molar-refractivity contribution in [3.05, 3.63) is 52.0 Å². The van der Waals surface area contributed by atoms with Gasteiger partial charge in [-0.15, -0.1) is 35.3 Å². The summed E-state index contributed by atoms with van der Waals surface area (Å²) in [4.78, 5) is 8.00. The van der Waals surface area contributed by atoms with Gasteiger partial charge in [0.1, 0.15) is 5.82 Å². The van der Waals surface area contributed by atoms with Crippen molar-refractivity contribution >= 4 is 47.0 Å². The molecule has 2 N–H and O–H groups in total. The number of benzene rings is 1. The molecule has 0 bridgehead atoms. The van der Waals surface area contributed by atoms with Crippen molar-refractivity contribution < 1.29 is 9.13 Å². The number of anilines is 1. The average Bonchev–Trinajstić information content (AvgIpc) is 3.25. The zero-order valence-electron chi connectivity index (χ0n) is 17.0. The van der Waals surface area contributed by atoms with Crippen LogP contribution in [-0.4, -0.2) is 45.4 Å². The largest absolute Gasteiger partial charge is 0.378 e. The molecule has 0 amide bonds. The Balaban J connectivity index is 0.00000300. The number of guanidine groups is 1. The fourth-order valence-corrected chi connectivity index (χ4v) is 3.93. The van der Waals surface area contributed by atoms with Gasteiger partial charge in [0, 0.05) is 37.0 Å². The zero-order valence-corrected chi connectivity index (χ0v) is 20.1. The Morgan fingerprint density at radius 2 is 2.07 bits per heavy atom. The van der Waals surface area contributed by atoms with Crippen LogP contribution in [0.25, 0.3) is 0 Å². The standard InChI is InChI=1S/C21H29FN4OS.HI/c1-3-23-21(24-14-16(2)20-5-4-12-28-20)25-15-17-6-7-19(18(22)13-17)26-8-10-27-11-9-26;/h4-7,12-13,16H,3,8-11,14-15H2,1-2H3,(H2,23,24,25);1H. The molecule has 5 nitrogen and oxygen atoms in total. The molecule has 1 aliphatic rings. The molecule has 1 atom stereocenters.